The maximum absolute atomic E-state index is 13.5. The van der Waals surface area contributed by atoms with Gasteiger partial charge >= 0.3 is 5.97 Å². The first kappa shape index (κ1) is 30.7. The molecule has 222 valence electrons. The third-order valence-electron chi connectivity index (χ3n) is 9.01. The van der Waals surface area contributed by atoms with Crippen molar-refractivity contribution in [3.8, 4) is 0 Å². The second-order valence-electron chi connectivity index (χ2n) is 12.2. The topological polar surface area (TPSA) is 90.0 Å². The molecule has 7 heteroatoms. The van der Waals surface area contributed by atoms with Crippen LogP contribution in [0.5, 0.6) is 0 Å². The standard InChI is InChI=1S/C33H49NO6/c35-26-15-7-2-1-3-8-17-27-19-12-21-30(39-27)31(36)32(37)34-24-10-9-20-29(34)33(38)40-28(18-11-16-26)23-22-25-13-5-4-6-14-25/h2,7,22-23,25,27-30H,1,3-6,8-21,24H2/b7-2-,23-22+. The molecule has 0 N–H and O–H groups in total. The molecule has 3 fully saturated rings. The maximum atomic E-state index is 13.5. The van der Waals surface area contributed by atoms with Gasteiger partial charge in [-0.25, -0.2) is 4.79 Å². The molecule has 0 spiro atoms. The first-order valence-corrected chi connectivity index (χ1v) is 16.1. The van der Waals surface area contributed by atoms with Gasteiger partial charge in [0, 0.05) is 19.4 Å². The van der Waals surface area contributed by atoms with Gasteiger partial charge in [-0.3, -0.25) is 14.4 Å². The highest BCUT2D eigenvalue weighted by Crippen LogP contribution is 2.28. The number of carbonyl (C=O) groups is 4. The number of ether oxygens (including phenoxy) is 2. The average Bonchev–Trinajstić information content (AvgIpc) is 2.98. The number of amides is 1. The molecule has 0 radical (unpaired) electrons. The van der Waals surface area contributed by atoms with Gasteiger partial charge in [0.2, 0.25) is 5.78 Å². The minimum atomic E-state index is -0.754. The van der Waals surface area contributed by atoms with Crippen LogP contribution >= 0.6 is 0 Å². The highest BCUT2D eigenvalue weighted by Gasteiger charge is 2.40. The van der Waals surface area contributed by atoms with E-state index < -0.39 is 35.9 Å². The Morgan fingerprint density at radius 1 is 0.725 bits per heavy atom. The SMILES string of the molecule is O=C1C/C=C\CCCCC2CCCC(O2)C(=O)C(=O)N2CCCCC2C(=O)OC(/C=C/C2CCCCC2)CCC1. The van der Waals surface area contributed by atoms with Crippen LogP contribution in [0.1, 0.15) is 122 Å². The van der Waals surface area contributed by atoms with E-state index in [2.05, 4.69) is 12.2 Å². The zero-order chi connectivity index (χ0) is 28.2. The molecule has 4 aliphatic rings. The van der Waals surface area contributed by atoms with Crippen molar-refractivity contribution >= 4 is 23.4 Å². The second-order valence-corrected chi connectivity index (χ2v) is 12.2. The molecule has 7 nitrogen and oxygen atoms in total. The van der Waals surface area contributed by atoms with Crippen LogP contribution in [-0.2, 0) is 28.7 Å². The number of allylic oxidation sites excluding steroid dienone is 3. The van der Waals surface area contributed by atoms with E-state index in [1.165, 1.54) is 24.2 Å². The van der Waals surface area contributed by atoms with Crippen LogP contribution in [0.3, 0.4) is 0 Å². The highest BCUT2D eigenvalue weighted by atomic mass is 16.5. The fourth-order valence-electron chi connectivity index (χ4n) is 6.60. The molecule has 0 aromatic carbocycles. The van der Waals surface area contributed by atoms with Gasteiger partial charge in [0.25, 0.3) is 5.91 Å². The van der Waals surface area contributed by atoms with Crippen molar-refractivity contribution in [3.63, 3.8) is 0 Å². The molecule has 3 heterocycles. The number of hydrogen-bond acceptors (Lipinski definition) is 6. The molecular weight excluding hydrogens is 506 g/mol. The zero-order valence-corrected chi connectivity index (χ0v) is 24.2. The van der Waals surface area contributed by atoms with Crippen LogP contribution < -0.4 is 0 Å². The summed E-state index contributed by atoms with van der Waals surface area (Å²) in [4.78, 5) is 54.1. The summed E-state index contributed by atoms with van der Waals surface area (Å²) in [6.07, 6.45) is 23.3. The molecule has 40 heavy (non-hydrogen) atoms. The summed E-state index contributed by atoms with van der Waals surface area (Å²) in [7, 11) is 0. The van der Waals surface area contributed by atoms with Gasteiger partial charge in [-0.2, -0.15) is 0 Å². The normalized spacial score (nSPS) is 32.2. The smallest absolute Gasteiger partial charge is 0.329 e. The number of cyclic esters (lactones) is 1. The Bertz CT molecular complexity index is 920. The molecule has 0 aromatic heterocycles. The minimum Gasteiger partial charge on any atom is -0.457 e. The van der Waals surface area contributed by atoms with Crippen LogP contribution in [0.15, 0.2) is 24.3 Å². The summed E-state index contributed by atoms with van der Waals surface area (Å²) in [6.45, 7) is 0.380. The summed E-state index contributed by atoms with van der Waals surface area (Å²) in [5.74, 6) is -0.878. The van der Waals surface area contributed by atoms with Crippen LogP contribution in [0, 0.1) is 5.92 Å². The predicted octanol–water partition coefficient (Wildman–Crippen LogP) is 6.18. The van der Waals surface area contributed by atoms with E-state index in [1.807, 2.05) is 12.2 Å². The molecular formula is C33H49NO6. The van der Waals surface area contributed by atoms with Gasteiger partial charge in [0.1, 0.15) is 24.0 Å². The van der Waals surface area contributed by atoms with Crippen LogP contribution in [0.4, 0.5) is 0 Å². The van der Waals surface area contributed by atoms with E-state index in [1.54, 1.807) is 0 Å². The van der Waals surface area contributed by atoms with Crippen molar-refractivity contribution in [1.29, 1.82) is 0 Å². The summed E-state index contributed by atoms with van der Waals surface area (Å²) in [5, 5.41) is 0. The lowest BCUT2D eigenvalue weighted by atomic mass is 9.88. The number of rotatable bonds is 2. The predicted molar refractivity (Wildman–Crippen MR) is 154 cm³/mol. The number of fused-ring (bicyclic) bond motifs is 3. The van der Waals surface area contributed by atoms with Gasteiger partial charge in [0.15, 0.2) is 0 Å². The number of hydrogen-bond donors (Lipinski definition) is 0. The van der Waals surface area contributed by atoms with Gasteiger partial charge in [-0.15, -0.1) is 0 Å². The van der Waals surface area contributed by atoms with Gasteiger partial charge in [0.05, 0.1) is 6.10 Å². The van der Waals surface area contributed by atoms with Crippen molar-refractivity contribution in [2.24, 2.45) is 5.92 Å². The van der Waals surface area contributed by atoms with E-state index in [0.717, 1.165) is 64.2 Å². The molecule has 4 unspecified atom stereocenters. The Hall–Kier alpha value is -2.28. The molecule has 3 aliphatic heterocycles. The van der Waals surface area contributed by atoms with E-state index in [0.29, 0.717) is 51.0 Å². The van der Waals surface area contributed by atoms with E-state index in [4.69, 9.17) is 9.47 Å². The fraction of sp³-hybridized carbons (Fsp3) is 0.758. The van der Waals surface area contributed by atoms with Crippen LogP contribution in [0.25, 0.3) is 0 Å². The summed E-state index contributed by atoms with van der Waals surface area (Å²) in [6, 6.07) is -0.754. The number of carbonyl (C=O) groups excluding carboxylic acids is 4. The highest BCUT2D eigenvalue weighted by molar-refractivity contribution is 6.38. The van der Waals surface area contributed by atoms with Gasteiger partial charge < -0.3 is 14.4 Å². The number of nitrogens with zero attached hydrogens (tertiary/aromatic N) is 1. The Kier molecular flexibility index (Phi) is 12.4. The lowest BCUT2D eigenvalue weighted by molar-refractivity contribution is -0.165. The van der Waals surface area contributed by atoms with Crippen molar-refractivity contribution in [2.75, 3.05) is 6.54 Å². The van der Waals surface area contributed by atoms with Gasteiger partial charge in [-0.1, -0.05) is 43.9 Å². The third kappa shape index (κ3) is 9.39. The molecule has 1 saturated carbocycles. The first-order valence-electron chi connectivity index (χ1n) is 16.1. The van der Waals surface area contributed by atoms with Crippen molar-refractivity contribution in [2.45, 2.75) is 146 Å². The van der Waals surface area contributed by atoms with Crippen LogP contribution in [0.2, 0.25) is 0 Å². The van der Waals surface area contributed by atoms with Gasteiger partial charge in [-0.05, 0) is 95.5 Å². The molecule has 4 rings (SSSR count). The second kappa shape index (κ2) is 16.2. The van der Waals surface area contributed by atoms with E-state index in [9.17, 15) is 19.2 Å². The van der Waals surface area contributed by atoms with Crippen LogP contribution in [-0.4, -0.2) is 59.2 Å². The Balaban J connectivity index is 1.48. The number of Topliss-reactive ketones (excluding diaryl/α,β-unsaturated/α-hetero) is 2. The monoisotopic (exact) mass is 555 g/mol. The molecule has 2 bridgehead atoms. The third-order valence-corrected chi connectivity index (χ3v) is 9.01. The fourth-order valence-corrected chi connectivity index (χ4v) is 6.60. The summed E-state index contributed by atoms with van der Waals surface area (Å²) >= 11 is 0. The average molecular weight is 556 g/mol. The molecule has 0 aromatic rings. The quantitative estimate of drug-likeness (QED) is 0.230. The number of piperidine rings is 1. The number of esters is 1. The number of ketones is 2. The Labute approximate surface area is 240 Å². The lowest BCUT2D eigenvalue weighted by Gasteiger charge is -2.36. The Morgan fingerprint density at radius 3 is 2.35 bits per heavy atom. The van der Waals surface area contributed by atoms with Crippen molar-refractivity contribution in [1.82, 2.24) is 4.90 Å². The van der Waals surface area contributed by atoms with E-state index in [-0.39, 0.29) is 11.9 Å². The summed E-state index contributed by atoms with van der Waals surface area (Å²) in [5.41, 5.74) is 0. The minimum absolute atomic E-state index is 0.0195. The molecule has 2 saturated heterocycles. The zero-order valence-electron chi connectivity index (χ0n) is 24.2. The molecule has 1 aliphatic carbocycles. The Morgan fingerprint density at radius 2 is 1.50 bits per heavy atom. The summed E-state index contributed by atoms with van der Waals surface area (Å²) < 4.78 is 12.1. The van der Waals surface area contributed by atoms with Crippen molar-refractivity contribution < 1.29 is 28.7 Å². The molecule has 4 atom stereocenters. The first-order chi connectivity index (χ1) is 19.5. The largest absolute Gasteiger partial charge is 0.457 e. The lowest BCUT2D eigenvalue weighted by Crippen LogP contribution is -2.54. The van der Waals surface area contributed by atoms with E-state index >= 15 is 0 Å². The molecule has 1 amide bonds. The van der Waals surface area contributed by atoms with Crippen molar-refractivity contribution in [3.05, 3.63) is 24.3 Å². The maximum Gasteiger partial charge on any atom is 0.329 e.